The van der Waals surface area contributed by atoms with Crippen LogP contribution >= 0.6 is 0 Å². The van der Waals surface area contributed by atoms with Gasteiger partial charge in [0.05, 0.1) is 6.61 Å². The lowest BCUT2D eigenvalue weighted by Gasteiger charge is -2.23. The van der Waals surface area contributed by atoms with Gasteiger partial charge in [-0.05, 0) is 63.6 Å². The third kappa shape index (κ3) is 6.93. The Morgan fingerprint density at radius 3 is 1.98 bits per heavy atom. The van der Waals surface area contributed by atoms with Gasteiger partial charge in [0.2, 0.25) is 11.8 Å². The maximum absolute atomic E-state index is 13.0. The smallest absolute Gasteiger partial charge is 0.245 e. The zero-order valence-corrected chi connectivity index (χ0v) is 23.7. The lowest BCUT2D eigenvalue weighted by molar-refractivity contribution is -0.130. The summed E-state index contributed by atoms with van der Waals surface area (Å²) in [6.45, 7) is -0.390. The summed E-state index contributed by atoms with van der Waals surface area (Å²) in [7, 11) is 0. The number of amides is 2. The molecule has 0 aromatic heterocycles. The molecule has 5 nitrogen and oxygen atoms in total. The monoisotopic (exact) mass is 540 g/mol. The Labute approximate surface area is 238 Å². The molecule has 1 atom stereocenters. The second kappa shape index (κ2) is 13.9. The standard InChI is InChI=1S/C35H44N2O3/c38-24-31(35(40)36-29-15-8-6-4-2-1-3-5-7-9-16-29)37-32(39)17-11-12-25-18-19-28-21-20-26-13-10-14-27-22-23-30(25)34(28)33(26)27/h10,13-14,18-23,29,31,38H,1-9,11-12,15-17,24H2,(H,36,40)(H,37,39)/t31-/m0/s1. The van der Waals surface area contributed by atoms with Crippen LogP contribution < -0.4 is 10.6 Å². The van der Waals surface area contributed by atoms with Crippen LogP contribution in [-0.4, -0.2) is 35.6 Å². The van der Waals surface area contributed by atoms with Gasteiger partial charge in [0.25, 0.3) is 0 Å². The lowest BCUT2D eigenvalue weighted by atomic mass is 9.90. The summed E-state index contributed by atoms with van der Waals surface area (Å²) < 4.78 is 0. The van der Waals surface area contributed by atoms with Crippen LogP contribution in [-0.2, 0) is 16.0 Å². The fourth-order valence-corrected chi connectivity index (χ4v) is 6.52. The van der Waals surface area contributed by atoms with Crippen molar-refractivity contribution in [3.63, 3.8) is 0 Å². The quantitative estimate of drug-likeness (QED) is 0.207. The van der Waals surface area contributed by atoms with E-state index in [1.54, 1.807) is 0 Å². The van der Waals surface area contributed by atoms with Gasteiger partial charge in [0.15, 0.2) is 0 Å². The Hall–Kier alpha value is -3.18. The first kappa shape index (κ1) is 28.4. The number of nitrogens with one attached hydrogen (secondary N) is 2. The van der Waals surface area contributed by atoms with Crippen LogP contribution in [0.1, 0.15) is 89.0 Å². The number of carbonyl (C=O) groups excluding carboxylic acids is 2. The zero-order valence-electron chi connectivity index (χ0n) is 23.7. The third-order valence-corrected chi connectivity index (χ3v) is 8.75. The summed E-state index contributed by atoms with van der Waals surface area (Å²) in [5.41, 5.74) is 1.23. The zero-order chi connectivity index (χ0) is 27.7. The topological polar surface area (TPSA) is 78.4 Å². The molecule has 0 radical (unpaired) electrons. The van der Waals surface area contributed by atoms with E-state index in [-0.39, 0.29) is 24.5 Å². The average molecular weight is 541 g/mol. The van der Waals surface area contributed by atoms with Gasteiger partial charge < -0.3 is 15.7 Å². The number of rotatable bonds is 8. The number of benzene rings is 4. The Morgan fingerprint density at radius 2 is 1.32 bits per heavy atom. The number of carbonyl (C=O) groups is 2. The summed E-state index contributed by atoms with van der Waals surface area (Å²) in [4.78, 5) is 25.8. The van der Waals surface area contributed by atoms with Crippen LogP contribution in [0.15, 0.2) is 54.6 Å². The molecule has 0 aliphatic heterocycles. The normalized spacial score (nSPS) is 16.9. The van der Waals surface area contributed by atoms with Gasteiger partial charge in [-0.2, -0.15) is 0 Å². The maximum atomic E-state index is 13.0. The molecule has 1 aliphatic carbocycles. The van der Waals surface area contributed by atoms with E-state index >= 15 is 0 Å². The highest BCUT2D eigenvalue weighted by Gasteiger charge is 2.22. The van der Waals surface area contributed by atoms with Crippen LogP contribution in [0.5, 0.6) is 0 Å². The average Bonchev–Trinajstić information content (AvgIpc) is 2.96. The Morgan fingerprint density at radius 1 is 0.750 bits per heavy atom. The van der Waals surface area contributed by atoms with E-state index in [0.29, 0.717) is 12.8 Å². The molecule has 0 spiro atoms. The Balaban J connectivity index is 1.15. The van der Waals surface area contributed by atoms with E-state index in [1.807, 2.05) is 0 Å². The molecule has 4 aromatic rings. The molecule has 1 fully saturated rings. The highest BCUT2D eigenvalue weighted by molar-refractivity contribution is 6.23. The van der Waals surface area contributed by atoms with Crippen molar-refractivity contribution >= 4 is 44.1 Å². The predicted molar refractivity (Wildman–Crippen MR) is 165 cm³/mol. The lowest BCUT2D eigenvalue weighted by Crippen LogP contribution is -2.51. The largest absolute Gasteiger partial charge is 0.394 e. The first-order valence-electron chi connectivity index (χ1n) is 15.5. The first-order valence-corrected chi connectivity index (χ1v) is 15.5. The van der Waals surface area contributed by atoms with Gasteiger partial charge in [0, 0.05) is 12.5 Å². The molecule has 0 saturated heterocycles. The summed E-state index contributed by atoms with van der Waals surface area (Å²) in [5.74, 6) is -0.453. The van der Waals surface area contributed by atoms with Crippen LogP contribution in [0.2, 0.25) is 0 Å². The van der Waals surface area contributed by atoms with Gasteiger partial charge in [-0.15, -0.1) is 0 Å². The van der Waals surface area contributed by atoms with Gasteiger partial charge >= 0.3 is 0 Å². The van der Waals surface area contributed by atoms with Crippen molar-refractivity contribution < 1.29 is 14.7 Å². The molecule has 5 rings (SSSR count). The number of aliphatic hydroxyl groups excluding tert-OH is 1. The molecule has 5 heteroatoms. The van der Waals surface area contributed by atoms with Crippen molar-refractivity contribution in [3.05, 3.63) is 60.2 Å². The number of hydrogen-bond acceptors (Lipinski definition) is 3. The van der Waals surface area contributed by atoms with Crippen molar-refractivity contribution in [2.75, 3.05) is 6.61 Å². The molecule has 0 heterocycles. The summed E-state index contributed by atoms with van der Waals surface area (Å²) >= 11 is 0. The van der Waals surface area contributed by atoms with Gasteiger partial charge in [-0.25, -0.2) is 0 Å². The van der Waals surface area contributed by atoms with Crippen molar-refractivity contribution in [1.82, 2.24) is 10.6 Å². The van der Waals surface area contributed by atoms with E-state index in [2.05, 4.69) is 65.2 Å². The van der Waals surface area contributed by atoms with Gasteiger partial charge in [0.1, 0.15) is 6.04 Å². The van der Waals surface area contributed by atoms with Gasteiger partial charge in [-0.1, -0.05) is 112 Å². The highest BCUT2D eigenvalue weighted by Crippen LogP contribution is 2.36. The molecule has 212 valence electrons. The van der Waals surface area contributed by atoms with Gasteiger partial charge in [-0.3, -0.25) is 9.59 Å². The SMILES string of the molecule is O=C(CCCc1ccc2ccc3cccc4ccc1c2c34)N[C@@H](CO)C(=O)NC1CCCCCCCCCCC1. The summed E-state index contributed by atoms with van der Waals surface area (Å²) in [5, 5.41) is 23.4. The van der Waals surface area contributed by atoms with E-state index in [0.717, 1.165) is 32.1 Å². The molecule has 4 aromatic carbocycles. The maximum Gasteiger partial charge on any atom is 0.245 e. The number of aryl methyl sites for hydroxylation is 1. The Kier molecular flexibility index (Phi) is 9.88. The minimum atomic E-state index is -0.900. The van der Waals surface area contributed by atoms with Crippen molar-refractivity contribution in [2.45, 2.75) is 102 Å². The molecule has 40 heavy (non-hydrogen) atoms. The Bertz CT molecular complexity index is 1390. The first-order chi connectivity index (χ1) is 19.6. The van der Waals surface area contributed by atoms with E-state index in [9.17, 15) is 14.7 Å². The molecule has 1 aliphatic rings. The minimum Gasteiger partial charge on any atom is -0.394 e. The fourth-order valence-electron chi connectivity index (χ4n) is 6.52. The molecule has 2 amide bonds. The number of hydrogen-bond donors (Lipinski definition) is 3. The second-order valence-corrected chi connectivity index (χ2v) is 11.7. The molecule has 0 bridgehead atoms. The highest BCUT2D eigenvalue weighted by atomic mass is 16.3. The van der Waals surface area contributed by atoms with Crippen molar-refractivity contribution in [2.24, 2.45) is 0 Å². The molecule has 0 unspecified atom stereocenters. The molecule has 1 saturated carbocycles. The predicted octanol–water partition coefficient (Wildman–Crippen LogP) is 7.17. The van der Waals surface area contributed by atoms with E-state index in [4.69, 9.17) is 0 Å². The third-order valence-electron chi connectivity index (χ3n) is 8.75. The molecular formula is C35H44N2O3. The van der Waals surface area contributed by atoms with E-state index in [1.165, 1.54) is 82.8 Å². The van der Waals surface area contributed by atoms with Crippen LogP contribution in [0.4, 0.5) is 0 Å². The van der Waals surface area contributed by atoms with Crippen molar-refractivity contribution in [1.29, 1.82) is 0 Å². The number of aliphatic hydroxyl groups is 1. The second-order valence-electron chi connectivity index (χ2n) is 11.7. The molecule has 3 N–H and O–H groups in total. The van der Waals surface area contributed by atoms with Crippen LogP contribution in [0, 0.1) is 0 Å². The van der Waals surface area contributed by atoms with E-state index < -0.39 is 6.04 Å². The summed E-state index contributed by atoms with van der Waals surface area (Å²) in [6, 6.07) is 18.8. The minimum absolute atomic E-state index is 0.118. The van der Waals surface area contributed by atoms with Crippen LogP contribution in [0.3, 0.4) is 0 Å². The summed E-state index contributed by atoms with van der Waals surface area (Å²) in [6.07, 6.45) is 14.9. The molecular weight excluding hydrogens is 496 g/mol. The van der Waals surface area contributed by atoms with Crippen LogP contribution in [0.25, 0.3) is 32.3 Å². The van der Waals surface area contributed by atoms with Crippen molar-refractivity contribution in [3.8, 4) is 0 Å². The fraction of sp³-hybridized carbons (Fsp3) is 0.486.